The monoisotopic (exact) mass is 522 g/mol. The Morgan fingerprint density at radius 2 is 1.97 bits per heavy atom. The molecule has 3 aliphatic rings. The second-order valence-electron chi connectivity index (χ2n) is 9.20. The first kappa shape index (κ1) is 24.6. The predicted octanol–water partition coefficient (Wildman–Crippen LogP) is 5.12. The summed E-state index contributed by atoms with van der Waals surface area (Å²) in [6.45, 7) is 4.36. The zero-order valence-electron chi connectivity index (χ0n) is 19.4. The van der Waals surface area contributed by atoms with Crippen molar-refractivity contribution >= 4 is 17.2 Å². The van der Waals surface area contributed by atoms with Gasteiger partial charge < -0.3 is 14.8 Å². The number of thiazole rings is 1. The molecule has 1 aliphatic carbocycles. The van der Waals surface area contributed by atoms with Crippen molar-refractivity contribution in [2.24, 2.45) is 5.92 Å². The van der Waals surface area contributed by atoms with Gasteiger partial charge in [0, 0.05) is 29.0 Å². The quantitative estimate of drug-likeness (QED) is 0.434. The first-order valence-corrected chi connectivity index (χ1v) is 12.1. The van der Waals surface area contributed by atoms with Crippen LogP contribution in [0, 0.1) is 18.7 Å². The molecule has 1 atom stereocenters. The van der Waals surface area contributed by atoms with Gasteiger partial charge in [-0.15, -0.1) is 11.3 Å². The van der Waals surface area contributed by atoms with E-state index in [0.717, 1.165) is 30.1 Å². The maximum atomic E-state index is 15.5. The first-order valence-electron chi connectivity index (χ1n) is 11.3. The van der Waals surface area contributed by atoms with Gasteiger partial charge in [-0.05, 0) is 44.7 Å². The number of rotatable bonds is 7. The number of carbonyl (C=O) groups is 1. The molecule has 1 N–H and O–H groups in total. The Bertz CT molecular complexity index is 1280. The van der Waals surface area contributed by atoms with E-state index in [1.54, 1.807) is 6.20 Å². The summed E-state index contributed by atoms with van der Waals surface area (Å²) in [6.07, 6.45) is 0.710. The number of amides is 1. The average Bonchev–Trinajstić information content (AvgIpc) is 3.54. The summed E-state index contributed by atoms with van der Waals surface area (Å²) in [4.78, 5) is 24.8. The molecule has 1 aromatic carbocycles. The van der Waals surface area contributed by atoms with Gasteiger partial charge in [0.2, 0.25) is 5.82 Å². The molecule has 1 saturated carbocycles. The minimum atomic E-state index is -4.68. The molecule has 4 heterocycles. The van der Waals surface area contributed by atoms with Crippen LogP contribution >= 0.6 is 11.3 Å². The Balaban J connectivity index is 1.39. The van der Waals surface area contributed by atoms with E-state index in [1.165, 1.54) is 30.4 Å². The summed E-state index contributed by atoms with van der Waals surface area (Å²) in [5.74, 6) is -1.98. The second kappa shape index (κ2) is 9.07. The van der Waals surface area contributed by atoms with Crippen molar-refractivity contribution in [2.45, 2.75) is 44.5 Å². The fourth-order valence-corrected chi connectivity index (χ4v) is 5.22. The maximum Gasteiger partial charge on any atom is 0.451 e. The number of ether oxygens (including phenoxy) is 2. The minimum absolute atomic E-state index is 0.123. The summed E-state index contributed by atoms with van der Waals surface area (Å²) in [7, 11) is 0. The molecule has 190 valence electrons. The largest absolute Gasteiger partial charge is 0.491 e. The third-order valence-electron chi connectivity index (χ3n) is 6.36. The Morgan fingerprint density at radius 1 is 1.25 bits per heavy atom. The van der Waals surface area contributed by atoms with E-state index in [9.17, 15) is 18.0 Å². The van der Waals surface area contributed by atoms with Crippen molar-refractivity contribution in [1.82, 2.24) is 20.3 Å². The zero-order valence-corrected chi connectivity index (χ0v) is 20.2. The van der Waals surface area contributed by atoms with Gasteiger partial charge in [0.1, 0.15) is 28.8 Å². The number of carbonyl (C=O) groups excluding carboxylic acids is 1. The van der Waals surface area contributed by atoms with Gasteiger partial charge in [0.15, 0.2) is 0 Å². The summed E-state index contributed by atoms with van der Waals surface area (Å²) < 4.78 is 65.5. The van der Waals surface area contributed by atoms with Crippen LogP contribution in [0.4, 0.5) is 17.6 Å². The van der Waals surface area contributed by atoms with Crippen molar-refractivity contribution < 1.29 is 31.8 Å². The SMILES string of the molecule is Cc1cnc(-c2cc(OCC34CC(CO3)C4)cc(C(=O)NC(C)c3cnc(C(F)(F)F)nc3)c2F)s1. The smallest absolute Gasteiger partial charge is 0.451 e. The van der Waals surface area contributed by atoms with Crippen molar-refractivity contribution in [2.75, 3.05) is 13.2 Å². The molecule has 2 bridgehead atoms. The van der Waals surface area contributed by atoms with E-state index in [4.69, 9.17) is 9.47 Å². The van der Waals surface area contributed by atoms with Crippen LogP contribution in [0.3, 0.4) is 0 Å². The lowest BCUT2D eigenvalue weighted by molar-refractivity contribution is -0.145. The third kappa shape index (κ3) is 4.79. The van der Waals surface area contributed by atoms with Crippen molar-refractivity contribution in [3.8, 4) is 16.3 Å². The molecular weight excluding hydrogens is 500 g/mol. The van der Waals surface area contributed by atoms with E-state index in [0.29, 0.717) is 23.3 Å². The highest BCUT2D eigenvalue weighted by Gasteiger charge is 2.52. The number of halogens is 4. The van der Waals surface area contributed by atoms with E-state index in [1.807, 2.05) is 6.92 Å². The molecule has 7 nitrogen and oxygen atoms in total. The molecule has 2 aromatic heterocycles. The molecule has 3 aromatic rings. The van der Waals surface area contributed by atoms with Crippen LogP contribution < -0.4 is 10.1 Å². The van der Waals surface area contributed by atoms with Gasteiger partial charge in [-0.3, -0.25) is 4.79 Å². The van der Waals surface area contributed by atoms with Crippen molar-refractivity contribution in [3.05, 3.63) is 58.4 Å². The summed E-state index contributed by atoms with van der Waals surface area (Å²) in [5, 5.41) is 2.99. The molecule has 2 aliphatic heterocycles. The van der Waals surface area contributed by atoms with Gasteiger partial charge in [-0.1, -0.05) is 0 Å². The third-order valence-corrected chi connectivity index (χ3v) is 7.31. The minimum Gasteiger partial charge on any atom is -0.491 e. The highest BCUT2D eigenvalue weighted by Crippen LogP contribution is 2.48. The topological polar surface area (TPSA) is 86.2 Å². The molecular formula is C24H22F4N4O3S. The molecule has 0 radical (unpaired) electrons. The predicted molar refractivity (Wildman–Crippen MR) is 122 cm³/mol. The number of alkyl halides is 3. The number of aryl methyl sites for hydroxylation is 1. The number of hydrogen-bond acceptors (Lipinski definition) is 7. The van der Waals surface area contributed by atoms with Crippen LogP contribution in [0.5, 0.6) is 5.75 Å². The summed E-state index contributed by atoms with van der Waals surface area (Å²) >= 11 is 1.28. The highest BCUT2D eigenvalue weighted by atomic mass is 32.1. The molecule has 1 unspecified atom stereocenters. The maximum absolute atomic E-state index is 15.5. The highest BCUT2D eigenvalue weighted by molar-refractivity contribution is 7.14. The van der Waals surface area contributed by atoms with Crippen molar-refractivity contribution in [3.63, 3.8) is 0 Å². The van der Waals surface area contributed by atoms with Gasteiger partial charge in [-0.2, -0.15) is 13.2 Å². The fraction of sp³-hybridized carbons (Fsp3) is 0.417. The first-order chi connectivity index (χ1) is 17.0. The van der Waals surface area contributed by atoms with Crippen LogP contribution in [0.25, 0.3) is 10.6 Å². The second-order valence-corrected chi connectivity index (χ2v) is 10.4. The molecule has 6 rings (SSSR count). The molecule has 1 amide bonds. The van der Waals surface area contributed by atoms with Gasteiger partial charge in [0.05, 0.1) is 23.8 Å². The lowest BCUT2D eigenvalue weighted by Gasteiger charge is -2.35. The van der Waals surface area contributed by atoms with Gasteiger partial charge >= 0.3 is 6.18 Å². The normalized spacial score (nSPS) is 21.7. The molecule has 36 heavy (non-hydrogen) atoms. The Kier molecular flexibility index (Phi) is 6.19. The lowest BCUT2D eigenvalue weighted by Crippen LogP contribution is -2.42. The molecule has 0 spiro atoms. The van der Waals surface area contributed by atoms with Crippen LogP contribution in [-0.4, -0.2) is 39.7 Å². The van der Waals surface area contributed by atoms with E-state index < -0.39 is 29.8 Å². The molecule has 12 heteroatoms. The van der Waals surface area contributed by atoms with E-state index in [2.05, 4.69) is 20.3 Å². The van der Waals surface area contributed by atoms with Crippen LogP contribution in [0.1, 0.15) is 52.4 Å². The average molecular weight is 523 g/mol. The fourth-order valence-electron chi connectivity index (χ4n) is 4.44. The summed E-state index contributed by atoms with van der Waals surface area (Å²) in [6, 6.07) is 2.04. The van der Waals surface area contributed by atoms with Crippen LogP contribution in [-0.2, 0) is 10.9 Å². The standard InChI is InChI=1S/C24H22F4N4O3S/c1-12-7-29-21(36-12)18-4-16(34-11-23-5-14(6-23)10-35-23)3-17(19(18)25)20(33)32-13(2)15-8-30-22(31-9-15)24(26,27)28/h3-4,7-9,13-14H,5-6,10-11H2,1-2H3,(H,32,33). The Labute approximate surface area is 207 Å². The number of hydrogen-bond donors (Lipinski definition) is 1. The number of nitrogens with zero attached hydrogens (tertiary/aromatic N) is 3. The van der Waals surface area contributed by atoms with Crippen LogP contribution in [0.15, 0.2) is 30.7 Å². The number of fused-ring (bicyclic) bond motifs is 1. The van der Waals surface area contributed by atoms with E-state index in [-0.39, 0.29) is 28.9 Å². The molecule has 2 saturated heterocycles. The summed E-state index contributed by atoms with van der Waals surface area (Å²) in [5.41, 5.74) is -0.253. The number of nitrogens with one attached hydrogen (secondary N) is 1. The Morgan fingerprint density at radius 3 is 2.56 bits per heavy atom. The lowest BCUT2D eigenvalue weighted by atomic mass is 9.75. The zero-order chi connectivity index (χ0) is 25.7. The van der Waals surface area contributed by atoms with Gasteiger partial charge in [0.25, 0.3) is 5.91 Å². The van der Waals surface area contributed by atoms with Crippen molar-refractivity contribution in [1.29, 1.82) is 0 Å². The Hall–Kier alpha value is -3.12. The number of benzene rings is 1. The van der Waals surface area contributed by atoms with Gasteiger partial charge in [-0.25, -0.2) is 19.3 Å². The van der Waals surface area contributed by atoms with E-state index >= 15 is 4.39 Å². The molecule has 3 fully saturated rings. The number of aromatic nitrogens is 3. The van der Waals surface area contributed by atoms with Crippen LogP contribution in [0.2, 0.25) is 0 Å².